The zero-order valence-electron chi connectivity index (χ0n) is 12.6. The smallest absolute Gasteiger partial charge is 0.270 e. The van der Waals surface area contributed by atoms with Crippen LogP contribution in [0, 0.1) is 0 Å². The number of amides is 1. The second kappa shape index (κ2) is 6.41. The van der Waals surface area contributed by atoms with E-state index in [1.54, 1.807) is 0 Å². The molecule has 1 saturated heterocycles. The Morgan fingerprint density at radius 3 is 2.86 bits per heavy atom. The number of rotatable bonds is 5. The van der Waals surface area contributed by atoms with Gasteiger partial charge >= 0.3 is 0 Å². The highest BCUT2D eigenvalue weighted by Crippen LogP contribution is 2.37. The fourth-order valence-corrected chi connectivity index (χ4v) is 3.34. The third-order valence-electron chi connectivity index (χ3n) is 4.50. The third kappa shape index (κ3) is 3.43. The maximum atomic E-state index is 12.8. The van der Waals surface area contributed by atoms with Gasteiger partial charge in [0, 0.05) is 31.4 Å². The first kappa shape index (κ1) is 14.9. The van der Waals surface area contributed by atoms with Crippen molar-refractivity contribution < 1.29 is 4.79 Å². The zero-order valence-corrected chi connectivity index (χ0v) is 13.4. The van der Waals surface area contributed by atoms with E-state index in [0.717, 1.165) is 44.6 Å². The molecule has 3 rings (SSSR count). The Morgan fingerprint density at radius 1 is 1.43 bits per heavy atom. The van der Waals surface area contributed by atoms with Crippen molar-refractivity contribution in [1.29, 1.82) is 0 Å². The lowest BCUT2D eigenvalue weighted by atomic mass is 10.0. The lowest BCUT2D eigenvalue weighted by Crippen LogP contribution is -2.46. The monoisotopic (exact) mass is 309 g/mol. The van der Waals surface area contributed by atoms with Gasteiger partial charge in [-0.05, 0) is 45.2 Å². The molecule has 21 heavy (non-hydrogen) atoms. The molecule has 1 amide bonds. The zero-order chi connectivity index (χ0) is 14.8. The standard InChI is InChI=1S/C16H24ClN3O/c1-2-19(11-13-5-3-4-8-18-13)16(21)15-9-12(17)10-20(15)14-6-7-14/h9-10,13-14,18H,2-8,11H2,1H3. The first-order valence-corrected chi connectivity index (χ1v) is 8.47. The summed E-state index contributed by atoms with van der Waals surface area (Å²) in [5, 5.41) is 4.18. The van der Waals surface area contributed by atoms with Crippen LogP contribution in [-0.2, 0) is 0 Å². The molecule has 1 atom stereocenters. The third-order valence-corrected chi connectivity index (χ3v) is 4.70. The first-order valence-electron chi connectivity index (χ1n) is 8.09. The van der Waals surface area contributed by atoms with Gasteiger partial charge in [-0.15, -0.1) is 0 Å². The number of nitrogens with one attached hydrogen (secondary N) is 1. The number of carbonyl (C=O) groups excluding carboxylic acids is 1. The van der Waals surface area contributed by atoms with Gasteiger partial charge in [0.1, 0.15) is 5.69 Å². The Labute approximate surface area is 131 Å². The molecule has 1 aliphatic heterocycles. The summed E-state index contributed by atoms with van der Waals surface area (Å²) in [7, 11) is 0. The van der Waals surface area contributed by atoms with Crippen LogP contribution in [0.15, 0.2) is 12.3 Å². The van der Waals surface area contributed by atoms with Crippen LogP contribution in [0.5, 0.6) is 0 Å². The van der Waals surface area contributed by atoms with Crippen LogP contribution in [0.4, 0.5) is 0 Å². The van der Waals surface area contributed by atoms with Gasteiger partial charge in [0.25, 0.3) is 5.91 Å². The van der Waals surface area contributed by atoms with Gasteiger partial charge in [-0.25, -0.2) is 0 Å². The normalized spacial score (nSPS) is 22.3. The average molecular weight is 310 g/mol. The molecule has 1 aromatic rings. The van der Waals surface area contributed by atoms with Crippen molar-refractivity contribution in [2.24, 2.45) is 0 Å². The van der Waals surface area contributed by atoms with Gasteiger partial charge in [0.05, 0.1) is 5.02 Å². The molecular formula is C16H24ClN3O. The van der Waals surface area contributed by atoms with E-state index in [0.29, 0.717) is 17.1 Å². The number of likely N-dealkylation sites (N-methyl/N-ethyl adjacent to an activating group) is 1. The molecule has 0 radical (unpaired) electrons. The van der Waals surface area contributed by atoms with Gasteiger partial charge in [-0.3, -0.25) is 4.79 Å². The van der Waals surface area contributed by atoms with Gasteiger partial charge in [0.15, 0.2) is 0 Å². The summed E-state index contributed by atoms with van der Waals surface area (Å²) in [6.07, 6.45) is 7.88. The largest absolute Gasteiger partial charge is 0.339 e. The Kier molecular flexibility index (Phi) is 4.55. The van der Waals surface area contributed by atoms with Gasteiger partial charge in [-0.1, -0.05) is 18.0 Å². The molecule has 2 heterocycles. The Balaban J connectivity index is 1.72. The van der Waals surface area contributed by atoms with E-state index in [1.165, 1.54) is 12.8 Å². The quantitative estimate of drug-likeness (QED) is 0.907. The minimum Gasteiger partial charge on any atom is -0.339 e. The van der Waals surface area contributed by atoms with Gasteiger partial charge < -0.3 is 14.8 Å². The fourth-order valence-electron chi connectivity index (χ4n) is 3.14. The van der Waals surface area contributed by atoms with Crippen molar-refractivity contribution in [3.63, 3.8) is 0 Å². The van der Waals surface area contributed by atoms with Crippen LogP contribution in [-0.4, -0.2) is 41.1 Å². The molecule has 0 spiro atoms. The van der Waals surface area contributed by atoms with Crippen LogP contribution in [0.25, 0.3) is 0 Å². The van der Waals surface area contributed by atoms with Crippen LogP contribution < -0.4 is 5.32 Å². The van der Waals surface area contributed by atoms with Crippen molar-refractivity contribution in [2.75, 3.05) is 19.6 Å². The fraction of sp³-hybridized carbons (Fsp3) is 0.688. The molecule has 0 bridgehead atoms. The van der Waals surface area contributed by atoms with Crippen LogP contribution in [0.1, 0.15) is 55.6 Å². The Morgan fingerprint density at radius 2 is 2.24 bits per heavy atom. The maximum absolute atomic E-state index is 12.8. The number of nitrogens with zero attached hydrogens (tertiary/aromatic N) is 2. The summed E-state index contributed by atoms with van der Waals surface area (Å²) < 4.78 is 2.07. The van der Waals surface area contributed by atoms with Crippen molar-refractivity contribution in [3.05, 3.63) is 23.0 Å². The lowest BCUT2D eigenvalue weighted by Gasteiger charge is -2.30. The molecule has 1 N–H and O–H groups in total. The molecule has 5 heteroatoms. The maximum Gasteiger partial charge on any atom is 0.270 e. The van der Waals surface area contributed by atoms with E-state index < -0.39 is 0 Å². The minimum atomic E-state index is 0.115. The molecule has 1 aromatic heterocycles. The number of carbonyl (C=O) groups is 1. The minimum absolute atomic E-state index is 0.115. The SMILES string of the molecule is CCN(CC1CCCCN1)C(=O)c1cc(Cl)cn1C1CC1. The summed E-state index contributed by atoms with van der Waals surface area (Å²) in [4.78, 5) is 14.8. The van der Waals surface area contributed by atoms with Gasteiger partial charge in [0.2, 0.25) is 0 Å². The topological polar surface area (TPSA) is 37.3 Å². The Hall–Kier alpha value is -1.00. The number of aromatic nitrogens is 1. The number of piperidine rings is 1. The molecule has 2 fully saturated rings. The summed E-state index contributed by atoms with van der Waals surface area (Å²) in [6.45, 7) is 4.65. The number of hydrogen-bond donors (Lipinski definition) is 1. The summed E-state index contributed by atoms with van der Waals surface area (Å²) in [5.41, 5.74) is 0.750. The molecule has 0 aromatic carbocycles. The number of hydrogen-bond acceptors (Lipinski definition) is 2. The van der Waals surface area contributed by atoms with Crippen molar-refractivity contribution in [2.45, 2.75) is 51.1 Å². The van der Waals surface area contributed by atoms with E-state index in [1.807, 2.05) is 24.1 Å². The molecule has 4 nitrogen and oxygen atoms in total. The van der Waals surface area contributed by atoms with E-state index in [2.05, 4.69) is 9.88 Å². The van der Waals surface area contributed by atoms with Crippen LogP contribution in [0.2, 0.25) is 5.02 Å². The van der Waals surface area contributed by atoms with E-state index in [4.69, 9.17) is 11.6 Å². The highest BCUT2D eigenvalue weighted by molar-refractivity contribution is 6.31. The van der Waals surface area contributed by atoms with E-state index in [9.17, 15) is 4.79 Å². The lowest BCUT2D eigenvalue weighted by molar-refractivity contribution is 0.0730. The van der Waals surface area contributed by atoms with Crippen molar-refractivity contribution >= 4 is 17.5 Å². The van der Waals surface area contributed by atoms with Crippen LogP contribution >= 0.6 is 11.6 Å². The number of halogens is 1. The highest BCUT2D eigenvalue weighted by atomic mass is 35.5. The second-order valence-corrected chi connectivity index (χ2v) is 6.61. The summed E-state index contributed by atoms with van der Waals surface area (Å²) >= 11 is 6.12. The molecular weight excluding hydrogens is 286 g/mol. The molecule has 2 aliphatic rings. The van der Waals surface area contributed by atoms with Crippen LogP contribution in [0.3, 0.4) is 0 Å². The predicted octanol–water partition coefficient (Wildman–Crippen LogP) is 3.08. The summed E-state index contributed by atoms with van der Waals surface area (Å²) in [5.74, 6) is 0.115. The van der Waals surface area contributed by atoms with E-state index in [-0.39, 0.29) is 5.91 Å². The molecule has 1 aliphatic carbocycles. The predicted molar refractivity (Wildman–Crippen MR) is 84.9 cm³/mol. The Bertz CT molecular complexity index is 504. The van der Waals surface area contributed by atoms with Crippen molar-refractivity contribution in [3.8, 4) is 0 Å². The average Bonchev–Trinajstić information content (AvgIpc) is 3.27. The van der Waals surface area contributed by atoms with E-state index >= 15 is 0 Å². The molecule has 1 saturated carbocycles. The highest BCUT2D eigenvalue weighted by Gasteiger charge is 2.30. The first-order chi connectivity index (χ1) is 10.2. The molecule has 1 unspecified atom stereocenters. The van der Waals surface area contributed by atoms with Gasteiger partial charge in [-0.2, -0.15) is 0 Å². The molecule has 116 valence electrons. The van der Waals surface area contributed by atoms with Crippen molar-refractivity contribution in [1.82, 2.24) is 14.8 Å². The second-order valence-electron chi connectivity index (χ2n) is 6.17. The summed E-state index contributed by atoms with van der Waals surface area (Å²) in [6, 6.07) is 2.73.